The maximum atomic E-state index is 13.6. The first-order valence-corrected chi connectivity index (χ1v) is 23.1. The van der Waals surface area contributed by atoms with Gasteiger partial charge >= 0.3 is 5.97 Å². The molecule has 0 fully saturated rings. The number of aryl methyl sites for hydroxylation is 1. The number of unbranched alkanes of at least 4 members (excludes halogenated alkanes) is 2. The monoisotopic (exact) mass is 893 g/mol. The molecule has 0 saturated carbocycles. The van der Waals surface area contributed by atoms with Gasteiger partial charge in [0.15, 0.2) is 0 Å². The Labute approximate surface area is 375 Å². The molecule has 340 valence electrons. The summed E-state index contributed by atoms with van der Waals surface area (Å²) in [7, 11) is -0.852. The van der Waals surface area contributed by atoms with E-state index in [9.17, 15) is 22.8 Å². The van der Waals surface area contributed by atoms with E-state index in [2.05, 4.69) is 24.9 Å². The Balaban J connectivity index is 0.963. The number of hydrogen-bond acceptors (Lipinski definition) is 10. The smallest absolute Gasteiger partial charge is 0.328 e. The van der Waals surface area contributed by atoms with E-state index in [1.807, 2.05) is 82.4 Å². The number of fused-ring (bicyclic) bond motifs is 4. The minimum Gasteiger partial charge on any atom is -0.487 e. The second-order valence-electron chi connectivity index (χ2n) is 17.2. The number of carbonyl (C=O) groups excluding carboxylic acids is 3. The highest BCUT2D eigenvalue weighted by Crippen LogP contribution is 2.42. The van der Waals surface area contributed by atoms with Gasteiger partial charge in [-0.25, -0.2) is 17.9 Å². The molecule has 16 heteroatoms. The average Bonchev–Trinajstić information content (AvgIpc) is 3.24. The minimum atomic E-state index is -4.07. The molecule has 2 heterocycles. The highest BCUT2D eigenvalue weighted by atomic mass is 32.2. The normalized spacial score (nSPS) is 14.1. The van der Waals surface area contributed by atoms with Gasteiger partial charge in [-0.1, -0.05) is 18.6 Å². The number of esters is 1. The molecule has 0 radical (unpaired) electrons. The number of anilines is 2. The summed E-state index contributed by atoms with van der Waals surface area (Å²) >= 11 is 0. The molecular formula is C48H61N8O7S+. The van der Waals surface area contributed by atoms with Crippen LogP contribution in [-0.2, 0) is 37.8 Å². The fraction of sp³-hybridized carbons (Fsp3) is 0.396. The van der Waals surface area contributed by atoms with Crippen molar-refractivity contribution in [2.24, 2.45) is 17.8 Å². The van der Waals surface area contributed by atoms with E-state index in [4.69, 9.17) is 26.7 Å². The van der Waals surface area contributed by atoms with Gasteiger partial charge in [-0.15, -0.1) is 0 Å². The van der Waals surface area contributed by atoms with E-state index in [1.165, 1.54) is 7.11 Å². The summed E-state index contributed by atoms with van der Waals surface area (Å²) in [6, 6.07) is 18.2. The summed E-state index contributed by atoms with van der Waals surface area (Å²) in [6.07, 6.45) is 3.99. The lowest BCUT2D eigenvalue weighted by molar-refractivity contribution is -0.632. The molecule has 4 aromatic carbocycles. The first-order valence-electron chi connectivity index (χ1n) is 21.6. The van der Waals surface area contributed by atoms with Gasteiger partial charge in [0.25, 0.3) is 15.9 Å². The van der Waals surface area contributed by atoms with Crippen LogP contribution in [0.4, 0.5) is 11.4 Å². The zero-order chi connectivity index (χ0) is 46.5. The molecule has 2 amide bonds. The largest absolute Gasteiger partial charge is 0.487 e. The SMILES string of the molecule is COC(=O)C(CCCN=C(N)NS(=O)(=O)c1c(C)c(C)c2c(c1C)CCC(C)(C)O2)NC(=O)CCCCCNC(=O)c1cccc(-c2c3cc(N)ccc3c3ccc(N)cc3[n+]2C)c1. The number of nitrogens with two attached hydrogens (primary N) is 3. The van der Waals surface area contributed by atoms with Crippen molar-refractivity contribution in [3.63, 3.8) is 0 Å². The standard InChI is InChI=1S/C48H60N8O7S/c1-28-29(2)44(30(3)35-21-22-48(4,5)63-43(28)35)64(60,61)55-47(51)53-24-12-15-39(46(59)62-7)54-41(57)16-9-8-10-23-52-45(58)32-14-11-13-31(25-32)42-38-26-33(49)17-19-36(38)37-20-18-34(50)27-40(37)56(42)6/h11,13-14,17-20,25-27,39,50H,8-10,12,15-16,21-24,49H2,1-7H3,(H5,51,52,53,54,55,57,58)/p+1. The van der Waals surface area contributed by atoms with Crippen molar-refractivity contribution in [2.45, 2.75) is 103 Å². The molecule has 1 atom stereocenters. The number of guanidine groups is 1. The molecule has 1 aliphatic rings. The van der Waals surface area contributed by atoms with Gasteiger partial charge in [0.2, 0.25) is 23.1 Å². The Morgan fingerprint density at radius 3 is 2.36 bits per heavy atom. The van der Waals surface area contributed by atoms with Crippen LogP contribution in [0.5, 0.6) is 5.75 Å². The van der Waals surface area contributed by atoms with Crippen molar-refractivity contribution in [1.82, 2.24) is 15.4 Å². The maximum absolute atomic E-state index is 13.6. The number of benzene rings is 4. The van der Waals surface area contributed by atoms with Crippen LogP contribution in [0.25, 0.3) is 32.9 Å². The van der Waals surface area contributed by atoms with Crippen molar-refractivity contribution in [3.8, 4) is 17.0 Å². The Kier molecular flexibility index (Phi) is 14.4. The number of aliphatic imine (C=N–C) groups is 1. The van der Waals surface area contributed by atoms with E-state index in [0.29, 0.717) is 66.7 Å². The molecule has 64 heavy (non-hydrogen) atoms. The highest BCUT2D eigenvalue weighted by molar-refractivity contribution is 7.90. The number of amides is 2. The van der Waals surface area contributed by atoms with Crippen molar-refractivity contribution in [3.05, 3.63) is 88.5 Å². The second kappa shape index (κ2) is 19.5. The Hall–Kier alpha value is -6.42. The number of rotatable bonds is 16. The van der Waals surface area contributed by atoms with Crippen molar-refractivity contribution >= 4 is 66.8 Å². The molecule has 5 aromatic rings. The van der Waals surface area contributed by atoms with Gasteiger partial charge < -0.3 is 37.3 Å². The number of nitrogens with zero attached hydrogens (tertiary/aromatic N) is 2. The van der Waals surface area contributed by atoms with Crippen molar-refractivity contribution in [1.29, 1.82) is 0 Å². The first kappa shape index (κ1) is 47.1. The van der Waals surface area contributed by atoms with Gasteiger partial charge in [0.05, 0.1) is 22.8 Å². The lowest BCUT2D eigenvalue weighted by Gasteiger charge is -2.35. The molecule has 0 spiro atoms. The summed E-state index contributed by atoms with van der Waals surface area (Å²) in [5, 5.41) is 8.76. The van der Waals surface area contributed by atoms with Crippen LogP contribution in [-0.4, -0.2) is 64.0 Å². The van der Waals surface area contributed by atoms with Crippen LogP contribution in [0.2, 0.25) is 0 Å². The topological polar surface area (TPSA) is 234 Å². The fourth-order valence-electron chi connectivity index (χ4n) is 8.52. The Morgan fingerprint density at radius 1 is 0.906 bits per heavy atom. The Morgan fingerprint density at radius 2 is 1.62 bits per heavy atom. The van der Waals surface area contributed by atoms with Crippen molar-refractivity contribution < 1.29 is 36.8 Å². The number of nitrogens with one attached hydrogen (secondary N) is 3. The third kappa shape index (κ3) is 10.5. The van der Waals surface area contributed by atoms with Crippen LogP contribution >= 0.6 is 0 Å². The molecule has 1 unspecified atom stereocenters. The fourth-order valence-corrected chi connectivity index (χ4v) is 10.0. The molecule has 1 aromatic heterocycles. The third-order valence-corrected chi connectivity index (χ3v) is 13.6. The lowest BCUT2D eigenvalue weighted by Crippen LogP contribution is -2.41. The van der Waals surface area contributed by atoms with Gasteiger partial charge in [-0.3, -0.25) is 14.6 Å². The van der Waals surface area contributed by atoms with E-state index in [0.717, 1.165) is 56.2 Å². The lowest BCUT2D eigenvalue weighted by atomic mass is 9.88. The quantitative estimate of drug-likeness (QED) is 0.0135. The van der Waals surface area contributed by atoms with E-state index in [1.54, 1.807) is 19.9 Å². The maximum Gasteiger partial charge on any atom is 0.328 e. The van der Waals surface area contributed by atoms with Gasteiger partial charge in [-0.2, -0.15) is 4.57 Å². The summed E-state index contributed by atoms with van der Waals surface area (Å²) < 4.78 is 42.8. The number of carbonyl (C=O) groups is 3. The first-order chi connectivity index (χ1) is 30.3. The van der Waals surface area contributed by atoms with Gasteiger partial charge in [0.1, 0.15) is 24.4 Å². The number of pyridine rings is 1. The zero-order valence-electron chi connectivity index (χ0n) is 37.8. The van der Waals surface area contributed by atoms with Gasteiger partial charge in [0, 0.05) is 53.5 Å². The van der Waals surface area contributed by atoms with E-state index < -0.39 is 22.0 Å². The van der Waals surface area contributed by atoms with E-state index >= 15 is 0 Å². The number of nitrogen functional groups attached to an aromatic ring is 2. The summed E-state index contributed by atoms with van der Waals surface area (Å²) in [4.78, 5) is 43.1. The van der Waals surface area contributed by atoms with Crippen LogP contribution < -0.4 is 41.9 Å². The minimum absolute atomic E-state index is 0.0987. The number of methoxy groups -OCH3 is 1. The number of sulfonamides is 1. The number of hydrogen-bond donors (Lipinski definition) is 6. The van der Waals surface area contributed by atoms with Crippen LogP contribution in [0, 0.1) is 20.8 Å². The van der Waals surface area contributed by atoms with Crippen molar-refractivity contribution in [2.75, 3.05) is 31.7 Å². The predicted octanol–water partition coefficient (Wildman–Crippen LogP) is 5.70. The summed E-state index contributed by atoms with van der Waals surface area (Å²) in [5.41, 5.74) is 25.5. The molecule has 1 aliphatic heterocycles. The summed E-state index contributed by atoms with van der Waals surface area (Å²) in [5.74, 6) is -0.674. The van der Waals surface area contributed by atoms with Gasteiger partial charge in [-0.05, 0) is 138 Å². The summed E-state index contributed by atoms with van der Waals surface area (Å²) in [6.45, 7) is 9.94. The Bertz CT molecular complexity index is 2770. The molecule has 0 aliphatic carbocycles. The molecule has 15 nitrogen and oxygen atoms in total. The van der Waals surface area contributed by atoms with Crippen LogP contribution in [0.3, 0.4) is 0 Å². The zero-order valence-corrected chi connectivity index (χ0v) is 38.6. The molecular weight excluding hydrogens is 833 g/mol. The van der Waals surface area contributed by atoms with Crippen LogP contribution in [0.15, 0.2) is 70.6 Å². The predicted molar refractivity (Wildman–Crippen MR) is 251 cm³/mol. The highest BCUT2D eigenvalue weighted by Gasteiger charge is 2.34. The van der Waals surface area contributed by atoms with Crippen LogP contribution in [0.1, 0.15) is 91.4 Å². The molecule has 0 saturated heterocycles. The third-order valence-electron chi connectivity index (χ3n) is 12.0. The molecule has 9 N–H and O–H groups in total. The van der Waals surface area contributed by atoms with E-state index in [-0.39, 0.29) is 47.7 Å². The average molecular weight is 894 g/mol. The second-order valence-corrected chi connectivity index (χ2v) is 18.8. The molecule has 6 rings (SSSR count). The number of aromatic nitrogens is 1. The number of ether oxygens (including phenoxy) is 2. The molecule has 0 bridgehead atoms.